The smallest absolute Gasteiger partial charge is 0.269 e. The lowest BCUT2D eigenvalue weighted by Gasteiger charge is -2.11. The van der Waals surface area contributed by atoms with Crippen molar-refractivity contribution in [2.24, 2.45) is 0 Å². The van der Waals surface area contributed by atoms with Crippen molar-refractivity contribution in [2.75, 3.05) is 0 Å². The van der Waals surface area contributed by atoms with Crippen LogP contribution >= 0.6 is 11.6 Å². The first-order valence-electron chi connectivity index (χ1n) is 9.78. The van der Waals surface area contributed by atoms with Crippen molar-refractivity contribution in [3.05, 3.63) is 104 Å². The van der Waals surface area contributed by atoms with E-state index in [2.05, 4.69) is 4.98 Å². The number of sulfone groups is 1. The first-order chi connectivity index (χ1) is 16.2. The molecule has 4 rings (SSSR count). The van der Waals surface area contributed by atoms with E-state index in [1.807, 2.05) is 0 Å². The van der Waals surface area contributed by atoms with Gasteiger partial charge in [-0.2, -0.15) is 10.2 Å². The maximum Gasteiger partial charge on any atom is 0.269 e. The van der Waals surface area contributed by atoms with E-state index in [1.54, 1.807) is 25.1 Å². The molecular weight excluding hydrogens is 481 g/mol. The highest BCUT2D eigenvalue weighted by Gasteiger charge is 2.24. The van der Waals surface area contributed by atoms with Crippen molar-refractivity contribution < 1.29 is 17.5 Å². The summed E-state index contributed by atoms with van der Waals surface area (Å²) in [7, 11) is -4.28. The van der Waals surface area contributed by atoms with Crippen LogP contribution in [0.25, 0.3) is 11.7 Å². The first-order valence-corrected chi connectivity index (χ1v) is 11.6. The Morgan fingerprint density at radius 1 is 1.15 bits per heavy atom. The predicted molar refractivity (Wildman–Crippen MR) is 125 cm³/mol. The fourth-order valence-corrected chi connectivity index (χ4v) is 4.42. The van der Waals surface area contributed by atoms with Gasteiger partial charge in [-0.25, -0.2) is 12.8 Å². The predicted octanol–water partition coefficient (Wildman–Crippen LogP) is 4.93. The Kier molecular flexibility index (Phi) is 6.20. The molecule has 34 heavy (non-hydrogen) atoms. The monoisotopic (exact) mass is 495 g/mol. The van der Waals surface area contributed by atoms with Crippen molar-refractivity contribution in [1.29, 1.82) is 5.26 Å². The molecule has 0 fully saturated rings. The molecule has 2 aromatic carbocycles. The van der Waals surface area contributed by atoms with E-state index in [9.17, 15) is 22.9 Å². The summed E-state index contributed by atoms with van der Waals surface area (Å²) in [6.07, 6.45) is 2.39. The number of pyridine rings is 1. The molecule has 0 unspecified atom stereocenters. The molecule has 2 heterocycles. The third-order valence-corrected chi connectivity index (χ3v) is 6.81. The van der Waals surface area contributed by atoms with Gasteiger partial charge in [-0.3, -0.25) is 9.20 Å². The van der Waals surface area contributed by atoms with E-state index in [-0.39, 0.29) is 27.7 Å². The van der Waals surface area contributed by atoms with Crippen LogP contribution in [0.5, 0.6) is 11.6 Å². The Morgan fingerprint density at radius 3 is 2.47 bits per heavy atom. The van der Waals surface area contributed by atoms with Crippen LogP contribution in [0.1, 0.15) is 11.1 Å². The lowest BCUT2D eigenvalue weighted by atomic mass is 10.2. The number of nitrogens with zero attached hydrogens (tertiary/aromatic N) is 3. The van der Waals surface area contributed by atoms with Crippen LogP contribution in [0.3, 0.4) is 0 Å². The number of halogens is 2. The van der Waals surface area contributed by atoms with Crippen molar-refractivity contribution in [1.82, 2.24) is 9.38 Å². The molecule has 10 heteroatoms. The topological polar surface area (TPSA) is 102 Å². The quantitative estimate of drug-likeness (QED) is 0.364. The van der Waals surface area contributed by atoms with E-state index >= 15 is 0 Å². The normalized spacial score (nSPS) is 11.9. The third kappa shape index (κ3) is 4.41. The lowest BCUT2D eigenvalue weighted by Crippen LogP contribution is -2.20. The molecule has 0 N–H and O–H groups in total. The Hall–Kier alpha value is -4.00. The number of fused-ring (bicyclic) bond motifs is 1. The molecule has 0 bridgehead atoms. The molecule has 0 aliphatic heterocycles. The number of aryl methyl sites for hydroxylation is 1. The number of ether oxygens (including phenoxy) is 1. The lowest BCUT2D eigenvalue weighted by molar-refractivity contribution is 0.459. The van der Waals surface area contributed by atoms with Crippen molar-refractivity contribution in [2.45, 2.75) is 11.8 Å². The summed E-state index contributed by atoms with van der Waals surface area (Å²) in [6.45, 7) is 1.74. The van der Waals surface area contributed by atoms with Crippen LogP contribution in [0.15, 0.2) is 81.5 Å². The van der Waals surface area contributed by atoms with Gasteiger partial charge in [-0.1, -0.05) is 17.7 Å². The summed E-state index contributed by atoms with van der Waals surface area (Å²) in [6, 6.07) is 15.3. The highest BCUT2D eigenvalue weighted by Crippen LogP contribution is 2.28. The standard InChI is InChI=1S/C24H15ClFN3O4S/c1-15-3-2-12-29-22(15)28-23(33-18-8-6-17(26)7-9-18)21(24(29)30)13-20(14-27)34(31,32)19-10-4-16(25)5-11-19/h2-13H,1H3/b20-13+. The molecule has 4 aromatic rings. The molecule has 0 atom stereocenters. The number of rotatable bonds is 5. The number of hydrogen-bond acceptors (Lipinski definition) is 6. The number of nitriles is 1. The van der Waals surface area contributed by atoms with Gasteiger partial charge in [0.2, 0.25) is 15.7 Å². The largest absolute Gasteiger partial charge is 0.438 e. The van der Waals surface area contributed by atoms with Crippen molar-refractivity contribution in [3.8, 4) is 17.7 Å². The van der Waals surface area contributed by atoms with Crippen LogP contribution in [0, 0.1) is 24.1 Å². The molecular formula is C24H15ClFN3O4S. The van der Waals surface area contributed by atoms with Gasteiger partial charge in [0.1, 0.15) is 33.8 Å². The maximum absolute atomic E-state index is 13.3. The van der Waals surface area contributed by atoms with Crippen molar-refractivity contribution in [3.63, 3.8) is 0 Å². The number of allylic oxidation sites excluding steroid dienone is 1. The van der Waals surface area contributed by atoms with Gasteiger partial charge < -0.3 is 4.74 Å². The zero-order valence-electron chi connectivity index (χ0n) is 17.6. The van der Waals surface area contributed by atoms with E-state index in [0.717, 1.165) is 18.2 Å². The second-order valence-corrected chi connectivity index (χ2v) is 9.51. The van der Waals surface area contributed by atoms with Gasteiger partial charge in [0.15, 0.2) is 0 Å². The molecule has 0 spiro atoms. The molecule has 0 saturated carbocycles. The van der Waals surface area contributed by atoms with Crippen LogP contribution in [-0.2, 0) is 9.84 Å². The average molecular weight is 496 g/mol. The summed E-state index contributed by atoms with van der Waals surface area (Å²) in [5.41, 5.74) is 0.0283. The Morgan fingerprint density at radius 2 is 1.82 bits per heavy atom. The van der Waals surface area contributed by atoms with E-state index < -0.39 is 26.1 Å². The maximum atomic E-state index is 13.3. The van der Waals surface area contributed by atoms with Crippen LogP contribution < -0.4 is 10.3 Å². The Bertz CT molecular complexity index is 1640. The molecule has 7 nitrogen and oxygen atoms in total. The summed E-state index contributed by atoms with van der Waals surface area (Å²) in [5.74, 6) is -0.555. The van der Waals surface area contributed by atoms with Gasteiger partial charge >= 0.3 is 0 Å². The summed E-state index contributed by atoms with van der Waals surface area (Å²) < 4.78 is 46.4. The van der Waals surface area contributed by atoms with Crippen LogP contribution in [0.4, 0.5) is 4.39 Å². The molecule has 0 aliphatic carbocycles. The summed E-state index contributed by atoms with van der Waals surface area (Å²) >= 11 is 5.83. The minimum atomic E-state index is -4.28. The second-order valence-electron chi connectivity index (χ2n) is 7.15. The molecule has 0 radical (unpaired) electrons. The fourth-order valence-electron chi connectivity index (χ4n) is 3.15. The number of benzene rings is 2. The zero-order chi connectivity index (χ0) is 24.5. The minimum Gasteiger partial charge on any atom is -0.438 e. The van der Waals surface area contributed by atoms with Gasteiger partial charge in [0.25, 0.3) is 5.56 Å². The first kappa shape index (κ1) is 23.2. The van der Waals surface area contributed by atoms with Crippen LogP contribution in [0.2, 0.25) is 5.02 Å². The van der Waals surface area contributed by atoms with Gasteiger partial charge in [-0.15, -0.1) is 0 Å². The number of aromatic nitrogens is 2. The van der Waals surface area contributed by atoms with E-state index in [4.69, 9.17) is 16.3 Å². The Balaban J connectivity index is 1.95. The molecule has 0 saturated heterocycles. The highest BCUT2D eigenvalue weighted by molar-refractivity contribution is 7.95. The molecule has 0 aliphatic rings. The molecule has 2 aromatic heterocycles. The minimum absolute atomic E-state index is 0.167. The van der Waals surface area contributed by atoms with Crippen LogP contribution in [-0.4, -0.2) is 17.8 Å². The van der Waals surface area contributed by atoms with Crippen molar-refractivity contribution >= 4 is 33.2 Å². The Labute approximate surface area is 198 Å². The molecule has 170 valence electrons. The average Bonchev–Trinajstić information content (AvgIpc) is 2.81. The summed E-state index contributed by atoms with van der Waals surface area (Å²) in [5, 5.41) is 9.99. The van der Waals surface area contributed by atoms with E-state index in [0.29, 0.717) is 10.6 Å². The zero-order valence-corrected chi connectivity index (χ0v) is 19.1. The highest BCUT2D eigenvalue weighted by atomic mass is 35.5. The van der Waals surface area contributed by atoms with Gasteiger partial charge in [0, 0.05) is 11.2 Å². The second kappa shape index (κ2) is 9.09. The molecule has 0 amide bonds. The fraction of sp³-hybridized carbons (Fsp3) is 0.0417. The van der Waals surface area contributed by atoms with Gasteiger partial charge in [-0.05, 0) is 73.2 Å². The summed E-state index contributed by atoms with van der Waals surface area (Å²) in [4.78, 5) is 16.8. The van der Waals surface area contributed by atoms with E-state index in [1.165, 1.54) is 47.0 Å². The number of hydrogen-bond donors (Lipinski definition) is 0. The van der Waals surface area contributed by atoms with Gasteiger partial charge in [0.05, 0.1) is 4.90 Å². The SMILES string of the molecule is Cc1cccn2c(=O)c(/C=C(\C#N)S(=O)(=O)c3ccc(Cl)cc3)c(Oc3ccc(F)cc3)nc12. The third-order valence-electron chi connectivity index (χ3n) is 4.88.